The molecule has 16 heavy (non-hydrogen) atoms. The number of carboxylic acid groups (broad SMARTS) is 1. The summed E-state index contributed by atoms with van der Waals surface area (Å²) in [5, 5.41) is 8.73. The topological polar surface area (TPSA) is 50.2 Å². The van der Waals surface area contributed by atoms with Crippen molar-refractivity contribution in [1.82, 2.24) is 4.37 Å². The smallest absolute Gasteiger partial charge is 0.355 e. The number of carboxylic acids is 1. The summed E-state index contributed by atoms with van der Waals surface area (Å²) in [5.74, 6) is -0.956. The average molecular weight is 233 g/mol. The van der Waals surface area contributed by atoms with Gasteiger partial charge in [-0.15, -0.1) is 0 Å². The molecular weight excluding hydrogens is 222 g/mol. The highest BCUT2D eigenvalue weighted by Crippen LogP contribution is 2.13. The lowest BCUT2D eigenvalue weighted by Crippen LogP contribution is -1.94. The molecule has 1 heterocycles. The third kappa shape index (κ3) is 2.67. The van der Waals surface area contributed by atoms with Crippen LogP contribution < -0.4 is 0 Å². The number of hydrogen-bond donors (Lipinski definition) is 1. The number of aryl methyl sites for hydroxylation is 2. The van der Waals surface area contributed by atoms with Crippen LogP contribution in [0.5, 0.6) is 0 Å². The summed E-state index contributed by atoms with van der Waals surface area (Å²) < 4.78 is 3.87. The van der Waals surface area contributed by atoms with Gasteiger partial charge in [0.05, 0.1) is 0 Å². The number of aromatic nitrogens is 1. The maximum absolute atomic E-state index is 10.6. The molecule has 0 aliphatic carbocycles. The summed E-state index contributed by atoms with van der Waals surface area (Å²) in [7, 11) is 0. The molecular formula is C12H11NO2S. The first-order chi connectivity index (χ1) is 7.75. The van der Waals surface area contributed by atoms with Crippen molar-refractivity contribution >= 4 is 17.5 Å². The Morgan fingerprint density at radius 1 is 1.25 bits per heavy atom. The number of rotatable bonds is 4. The van der Waals surface area contributed by atoms with Gasteiger partial charge < -0.3 is 5.11 Å². The third-order valence-electron chi connectivity index (χ3n) is 2.28. The van der Waals surface area contributed by atoms with Crippen molar-refractivity contribution in [1.29, 1.82) is 0 Å². The predicted octanol–water partition coefficient (Wildman–Crippen LogP) is 2.63. The zero-order valence-electron chi connectivity index (χ0n) is 8.59. The highest BCUT2D eigenvalue weighted by Gasteiger charge is 2.08. The van der Waals surface area contributed by atoms with Crippen molar-refractivity contribution in [2.75, 3.05) is 0 Å². The van der Waals surface area contributed by atoms with Crippen LogP contribution >= 0.6 is 11.5 Å². The first kappa shape index (κ1) is 10.8. The second kappa shape index (κ2) is 4.90. The van der Waals surface area contributed by atoms with Gasteiger partial charge in [0.25, 0.3) is 0 Å². The molecule has 0 aliphatic heterocycles. The predicted molar refractivity (Wildman–Crippen MR) is 62.9 cm³/mol. The molecule has 0 bridgehead atoms. The first-order valence-electron chi connectivity index (χ1n) is 4.98. The minimum absolute atomic E-state index is 0.146. The Morgan fingerprint density at radius 2 is 2.00 bits per heavy atom. The minimum atomic E-state index is -0.956. The lowest BCUT2D eigenvalue weighted by Gasteiger charge is -1.97. The largest absolute Gasteiger partial charge is 0.476 e. The molecule has 0 unspecified atom stereocenters. The van der Waals surface area contributed by atoms with E-state index in [1.165, 1.54) is 17.1 Å². The summed E-state index contributed by atoms with van der Waals surface area (Å²) in [4.78, 5) is 11.6. The SMILES string of the molecule is O=C(O)c1cc(CCc2ccccc2)sn1. The quantitative estimate of drug-likeness (QED) is 0.883. The number of carbonyl (C=O) groups is 1. The van der Waals surface area contributed by atoms with E-state index < -0.39 is 5.97 Å². The molecule has 0 spiro atoms. The number of aromatic carboxylic acids is 1. The van der Waals surface area contributed by atoms with E-state index in [-0.39, 0.29) is 5.69 Å². The summed E-state index contributed by atoms with van der Waals surface area (Å²) in [6.07, 6.45) is 1.76. The van der Waals surface area contributed by atoms with E-state index in [2.05, 4.69) is 16.5 Å². The fraction of sp³-hybridized carbons (Fsp3) is 0.167. The molecule has 0 radical (unpaired) electrons. The molecule has 3 nitrogen and oxygen atoms in total. The van der Waals surface area contributed by atoms with Crippen molar-refractivity contribution in [2.24, 2.45) is 0 Å². The Kier molecular flexibility index (Phi) is 3.31. The van der Waals surface area contributed by atoms with Gasteiger partial charge in [-0.05, 0) is 36.0 Å². The molecule has 0 saturated carbocycles. The zero-order chi connectivity index (χ0) is 11.4. The highest BCUT2D eigenvalue weighted by molar-refractivity contribution is 7.05. The van der Waals surface area contributed by atoms with E-state index in [1.54, 1.807) is 6.07 Å². The van der Waals surface area contributed by atoms with Crippen LogP contribution in [0.15, 0.2) is 36.4 Å². The Bertz CT molecular complexity index is 479. The zero-order valence-corrected chi connectivity index (χ0v) is 9.41. The van der Waals surface area contributed by atoms with Crippen LogP contribution in [0.3, 0.4) is 0 Å². The lowest BCUT2D eigenvalue weighted by molar-refractivity contribution is 0.0692. The number of benzene rings is 1. The van der Waals surface area contributed by atoms with E-state index in [0.29, 0.717) is 0 Å². The second-order valence-electron chi connectivity index (χ2n) is 3.47. The maximum Gasteiger partial charge on any atom is 0.355 e. The van der Waals surface area contributed by atoms with Crippen molar-refractivity contribution in [3.63, 3.8) is 0 Å². The third-order valence-corrected chi connectivity index (χ3v) is 3.13. The molecule has 0 fully saturated rings. The van der Waals surface area contributed by atoms with Crippen LogP contribution in [0.2, 0.25) is 0 Å². The molecule has 2 aromatic rings. The molecule has 1 aromatic heterocycles. The van der Waals surface area contributed by atoms with Crippen LogP contribution in [0.1, 0.15) is 20.9 Å². The Balaban J connectivity index is 1.97. The van der Waals surface area contributed by atoms with Crippen molar-refractivity contribution in [2.45, 2.75) is 12.8 Å². The van der Waals surface area contributed by atoms with Gasteiger partial charge in [-0.1, -0.05) is 30.3 Å². The van der Waals surface area contributed by atoms with E-state index in [0.717, 1.165) is 17.7 Å². The molecule has 1 aromatic carbocycles. The Morgan fingerprint density at radius 3 is 2.62 bits per heavy atom. The summed E-state index contributed by atoms with van der Waals surface area (Å²) in [6.45, 7) is 0. The molecule has 1 N–H and O–H groups in total. The van der Waals surface area contributed by atoms with Gasteiger partial charge in [0, 0.05) is 4.88 Å². The summed E-state index contributed by atoms with van der Waals surface area (Å²) in [5.41, 5.74) is 1.40. The Hall–Kier alpha value is -1.68. The second-order valence-corrected chi connectivity index (χ2v) is 4.36. The van der Waals surface area contributed by atoms with Crippen molar-refractivity contribution in [3.05, 3.63) is 52.5 Å². The van der Waals surface area contributed by atoms with Crippen LogP contribution in [-0.2, 0) is 12.8 Å². The molecule has 0 amide bonds. The minimum Gasteiger partial charge on any atom is -0.476 e. The maximum atomic E-state index is 10.6. The van der Waals surface area contributed by atoms with Crippen LogP contribution in [0.25, 0.3) is 0 Å². The normalized spacial score (nSPS) is 10.2. The lowest BCUT2D eigenvalue weighted by atomic mass is 10.1. The summed E-state index contributed by atoms with van der Waals surface area (Å²) in [6, 6.07) is 11.8. The average Bonchev–Trinajstić information content (AvgIpc) is 2.76. The Labute approximate surface area is 97.5 Å². The van der Waals surface area contributed by atoms with E-state index in [4.69, 9.17) is 5.11 Å². The molecule has 82 valence electrons. The first-order valence-corrected chi connectivity index (χ1v) is 5.76. The van der Waals surface area contributed by atoms with E-state index >= 15 is 0 Å². The van der Waals surface area contributed by atoms with Gasteiger partial charge >= 0.3 is 5.97 Å². The molecule has 0 aliphatic rings. The standard InChI is InChI=1S/C12H11NO2S/c14-12(15)11-8-10(16-13-11)7-6-9-4-2-1-3-5-9/h1-5,8H,6-7H2,(H,14,15). The fourth-order valence-corrected chi connectivity index (χ4v) is 2.15. The van der Waals surface area contributed by atoms with E-state index in [1.807, 2.05) is 18.2 Å². The molecule has 0 atom stereocenters. The highest BCUT2D eigenvalue weighted by atomic mass is 32.1. The van der Waals surface area contributed by atoms with Crippen molar-refractivity contribution in [3.8, 4) is 0 Å². The van der Waals surface area contributed by atoms with Gasteiger partial charge in [0.2, 0.25) is 0 Å². The van der Waals surface area contributed by atoms with E-state index in [9.17, 15) is 4.79 Å². The van der Waals surface area contributed by atoms with Gasteiger partial charge in [0.1, 0.15) is 0 Å². The monoisotopic (exact) mass is 233 g/mol. The van der Waals surface area contributed by atoms with Gasteiger partial charge in [-0.2, -0.15) is 4.37 Å². The molecule has 4 heteroatoms. The van der Waals surface area contributed by atoms with Gasteiger partial charge in [-0.3, -0.25) is 0 Å². The summed E-state index contributed by atoms with van der Waals surface area (Å²) >= 11 is 1.27. The van der Waals surface area contributed by atoms with Crippen LogP contribution in [0.4, 0.5) is 0 Å². The number of hydrogen-bond acceptors (Lipinski definition) is 3. The van der Waals surface area contributed by atoms with Crippen molar-refractivity contribution < 1.29 is 9.90 Å². The molecule has 2 rings (SSSR count). The van der Waals surface area contributed by atoms with Crippen LogP contribution in [0, 0.1) is 0 Å². The van der Waals surface area contributed by atoms with Crippen LogP contribution in [-0.4, -0.2) is 15.4 Å². The van der Waals surface area contributed by atoms with Gasteiger partial charge in [0.15, 0.2) is 5.69 Å². The fourth-order valence-electron chi connectivity index (χ4n) is 1.44. The molecule has 0 saturated heterocycles. The number of nitrogens with zero attached hydrogens (tertiary/aromatic N) is 1. The van der Waals surface area contributed by atoms with Gasteiger partial charge in [-0.25, -0.2) is 4.79 Å².